The monoisotopic (exact) mass is 223 g/mol. The van der Waals surface area contributed by atoms with Crippen molar-refractivity contribution in [1.82, 2.24) is 18.7 Å². The van der Waals surface area contributed by atoms with E-state index in [-0.39, 0.29) is 0 Å². The van der Waals surface area contributed by atoms with Crippen LogP contribution in [0.3, 0.4) is 0 Å². The molecule has 0 saturated carbocycles. The van der Waals surface area contributed by atoms with Crippen LogP contribution in [0, 0.1) is 0 Å². The number of ether oxygens (including phenoxy) is 1. The van der Waals surface area contributed by atoms with Gasteiger partial charge in [0.1, 0.15) is 6.61 Å². The van der Waals surface area contributed by atoms with Gasteiger partial charge in [-0.2, -0.15) is 13.7 Å². The minimum atomic E-state index is 0.566. The Balaban J connectivity index is 2.20. The third-order valence-electron chi connectivity index (χ3n) is 2.35. The third kappa shape index (κ3) is 1.30. The van der Waals surface area contributed by atoms with Gasteiger partial charge >= 0.3 is 0 Å². The van der Waals surface area contributed by atoms with Gasteiger partial charge in [0, 0.05) is 6.54 Å². The van der Waals surface area contributed by atoms with Crippen molar-refractivity contribution in [1.29, 1.82) is 0 Å². The van der Waals surface area contributed by atoms with Crippen molar-refractivity contribution < 1.29 is 4.74 Å². The van der Waals surface area contributed by atoms with Gasteiger partial charge in [0.2, 0.25) is 11.3 Å². The molecule has 0 saturated heterocycles. The number of aromatic nitrogens is 4. The molecule has 7 heteroatoms. The number of rotatable bonds is 1. The van der Waals surface area contributed by atoms with Crippen LogP contribution in [0.2, 0.25) is 0 Å². The van der Waals surface area contributed by atoms with Gasteiger partial charge in [-0.1, -0.05) is 0 Å². The van der Waals surface area contributed by atoms with Gasteiger partial charge in [0.25, 0.3) is 5.88 Å². The van der Waals surface area contributed by atoms with Crippen molar-refractivity contribution in [2.24, 2.45) is 0 Å². The Morgan fingerprint density at radius 2 is 2.13 bits per heavy atom. The van der Waals surface area contributed by atoms with E-state index in [1.54, 1.807) is 0 Å². The lowest BCUT2D eigenvalue weighted by Crippen LogP contribution is -2.33. The van der Waals surface area contributed by atoms with Crippen LogP contribution < -0.4 is 9.64 Å². The maximum Gasteiger partial charge on any atom is 0.259 e. The van der Waals surface area contributed by atoms with Crippen molar-refractivity contribution in [3.05, 3.63) is 0 Å². The summed E-state index contributed by atoms with van der Waals surface area (Å²) < 4.78 is 13.6. The van der Waals surface area contributed by atoms with E-state index in [0.29, 0.717) is 23.8 Å². The maximum atomic E-state index is 5.45. The van der Waals surface area contributed by atoms with Gasteiger partial charge in [-0.05, 0) is 6.92 Å². The predicted molar refractivity (Wildman–Crippen MR) is 56.4 cm³/mol. The van der Waals surface area contributed by atoms with E-state index < -0.39 is 0 Å². The molecule has 3 heterocycles. The smallest absolute Gasteiger partial charge is 0.259 e. The van der Waals surface area contributed by atoms with Gasteiger partial charge in [-0.15, -0.1) is 0 Å². The Kier molecular flexibility index (Phi) is 1.91. The van der Waals surface area contributed by atoms with E-state index in [9.17, 15) is 0 Å². The lowest BCUT2D eigenvalue weighted by molar-refractivity contribution is 0.295. The molecule has 0 fully saturated rings. The van der Waals surface area contributed by atoms with E-state index in [1.807, 2.05) is 0 Å². The summed E-state index contributed by atoms with van der Waals surface area (Å²) in [6.07, 6.45) is 0. The van der Waals surface area contributed by atoms with Crippen molar-refractivity contribution >= 4 is 28.8 Å². The predicted octanol–water partition coefficient (Wildman–Crippen LogP) is 0.700. The molecule has 0 unspecified atom stereocenters. The average Bonchev–Trinajstić information content (AvgIpc) is 2.72. The molecule has 6 nitrogen and oxygen atoms in total. The third-order valence-corrected chi connectivity index (χ3v) is 2.86. The molecule has 2 aromatic heterocycles. The highest BCUT2D eigenvalue weighted by Crippen LogP contribution is 2.28. The molecule has 78 valence electrons. The quantitative estimate of drug-likeness (QED) is 0.709. The van der Waals surface area contributed by atoms with Crippen LogP contribution in [0.5, 0.6) is 5.88 Å². The molecule has 0 aliphatic carbocycles. The summed E-state index contributed by atoms with van der Waals surface area (Å²) in [6, 6.07) is 0. The molecule has 0 radical (unpaired) electrons. The molecule has 0 spiro atoms. The largest absolute Gasteiger partial charge is 0.473 e. The standard InChI is InChI=1S/C8H9N5OS/c1-2-13-3-4-14-8-7(13)9-5-6(10-8)12-15-11-5/h2-4H2,1H3. The summed E-state index contributed by atoms with van der Waals surface area (Å²) in [7, 11) is 0. The number of fused-ring (bicyclic) bond motifs is 2. The molecule has 0 bridgehead atoms. The molecule has 1 aliphatic heterocycles. The second kappa shape index (κ2) is 3.27. The summed E-state index contributed by atoms with van der Waals surface area (Å²) in [5.41, 5.74) is 1.17. The molecular weight excluding hydrogens is 214 g/mol. The highest BCUT2D eigenvalue weighted by Gasteiger charge is 2.21. The Morgan fingerprint density at radius 1 is 1.33 bits per heavy atom. The molecule has 0 N–H and O–H groups in total. The Labute approximate surface area is 90.2 Å². The first-order chi connectivity index (χ1) is 7.38. The van der Waals surface area contributed by atoms with Gasteiger partial charge in [-0.25, -0.2) is 4.98 Å². The van der Waals surface area contributed by atoms with Crippen LogP contribution in [0.15, 0.2) is 0 Å². The van der Waals surface area contributed by atoms with Crippen molar-refractivity contribution in [3.8, 4) is 5.88 Å². The molecular formula is C8H9N5OS. The second-order valence-corrected chi connectivity index (χ2v) is 3.72. The summed E-state index contributed by atoms with van der Waals surface area (Å²) in [4.78, 5) is 10.8. The highest BCUT2D eigenvalue weighted by atomic mass is 32.1. The lowest BCUT2D eigenvalue weighted by atomic mass is 10.4. The number of nitrogens with zero attached hydrogens (tertiary/aromatic N) is 5. The van der Waals surface area contributed by atoms with Crippen molar-refractivity contribution in [2.45, 2.75) is 6.92 Å². The van der Waals surface area contributed by atoms with Gasteiger partial charge in [-0.3, -0.25) is 0 Å². The molecule has 0 aromatic carbocycles. The minimum Gasteiger partial charge on any atom is -0.473 e. The fourth-order valence-electron chi connectivity index (χ4n) is 1.58. The number of hydrogen-bond donors (Lipinski definition) is 0. The normalized spacial score (nSPS) is 15.1. The fraction of sp³-hybridized carbons (Fsp3) is 0.500. The van der Waals surface area contributed by atoms with Crippen LogP contribution in [0.4, 0.5) is 5.82 Å². The molecule has 0 atom stereocenters. The van der Waals surface area contributed by atoms with Crippen LogP contribution in [-0.4, -0.2) is 38.4 Å². The Bertz CT molecular complexity index is 499. The molecule has 2 aromatic rings. The second-order valence-electron chi connectivity index (χ2n) is 3.19. The summed E-state index contributed by atoms with van der Waals surface area (Å²) in [6.45, 7) is 4.48. The molecule has 3 rings (SSSR count). The highest BCUT2D eigenvalue weighted by molar-refractivity contribution is 6.99. The summed E-state index contributed by atoms with van der Waals surface area (Å²) in [5, 5.41) is 0. The fourth-order valence-corrected chi connectivity index (χ4v) is 2.02. The zero-order chi connectivity index (χ0) is 10.3. The van der Waals surface area contributed by atoms with Crippen LogP contribution in [0.25, 0.3) is 11.3 Å². The van der Waals surface area contributed by atoms with E-state index in [0.717, 1.165) is 30.6 Å². The van der Waals surface area contributed by atoms with Crippen molar-refractivity contribution in [3.63, 3.8) is 0 Å². The van der Waals surface area contributed by atoms with E-state index >= 15 is 0 Å². The van der Waals surface area contributed by atoms with Crippen molar-refractivity contribution in [2.75, 3.05) is 24.6 Å². The van der Waals surface area contributed by atoms with E-state index in [1.165, 1.54) is 0 Å². The summed E-state index contributed by atoms with van der Waals surface area (Å²) in [5.74, 6) is 1.35. The maximum absolute atomic E-state index is 5.45. The number of likely N-dealkylation sites (N-methyl/N-ethyl adjacent to an activating group) is 1. The molecule has 0 amide bonds. The van der Waals surface area contributed by atoms with Gasteiger partial charge < -0.3 is 9.64 Å². The SMILES string of the molecule is CCN1CCOc2nc3nsnc3nc21. The number of anilines is 1. The Hall–Kier alpha value is -1.50. The minimum absolute atomic E-state index is 0.566. The molecule has 15 heavy (non-hydrogen) atoms. The Morgan fingerprint density at radius 3 is 2.93 bits per heavy atom. The van der Waals surface area contributed by atoms with E-state index in [4.69, 9.17) is 4.74 Å². The summed E-state index contributed by atoms with van der Waals surface area (Å²) >= 11 is 1.12. The zero-order valence-electron chi connectivity index (χ0n) is 8.17. The lowest BCUT2D eigenvalue weighted by Gasteiger charge is -2.27. The zero-order valence-corrected chi connectivity index (χ0v) is 8.99. The number of hydrogen-bond acceptors (Lipinski definition) is 7. The topological polar surface area (TPSA) is 64.0 Å². The first kappa shape index (κ1) is 8.78. The van der Waals surface area contributed by atoms with Gasteiger partial charge in [0.15, 0.2) is 5.82 Å². The first-order valence-corrected chi connectivity index (χ1v) is 5.49. The van der Waals surface area contributed by atoms with Crippen LogP contribution in [0.1, 0.15) is 6.92 Å². The van der Waals surface area contributed by atoms with E-state index in [2.05, 4.69) is 30.5 Å². The van der Waals surface area contributed by atoms with Crippen LogP contribution in [-0.2, 0) is 0 Å². The molecule has 1 aliphatic rings. The first-order valence-electron chi connectivity index (χ1n) is 4.76. The van der Waals surface area contributed by atoms with Crippen LogP contribution >= 0.6 is 11.7 Å². The van der Waals surface area contributed by atoms with Gasteiger partial charge in [0.05, 0.1) is 18.3 Å². The average molecular weight is 223 g/mol.